The number of hydrogen-bond donors (Lipinski definition) is 3. The Bertz CT molecular complexity index is 352. The number of carbonyl (C=O) groups is 2. The molecule has 1 saturated carbocycles. The van der Waals surface area contributed by atoms with Gasteiger partial charge in [-0.15, -0.1) is 0 Å². The molecule has 21 heavy (non-hydrogen) atoms. The van der Waals surface area contributed by atoms with Gasteiger partial charge in [-0.2, -0.15) is 0 Å². The topological polar surface area (TPSA) is 87.7 Å². The molecule has 0 spiro atoms. The van der Waals surface area contributed by atoms with Gasteiger partial charge in [-0.1, -0.05) is 13.3 Å². The summed E-state index contributed by atoms with van der Waals surface area (Å²) in [4.78, 5) is 23.6. The van der Waals surface area contributed by atoms with Crippen molar-refractivity contribution in [1.29, 1.82) is 0 Å². The van der Waals surface area contributed by atoms with Gasteiger partial charge in [-0.05, 0) is 45.4 Å². The number of hydrogen-bond acceptors (Lipinski definition) is 3. The summed E-state index contributed by atoms with van der Waals surface area (Å²) in [5, 5.41) is 14.9. The molecule has 0 aromatic carbocycles. The number of ether oxygens (including phenoxy) is 1. The normalized spacial score (nSPS) is 26.9. The molecule has 0 radical (unpaired) electrons. The summed E-state index contributed by atoms with van der Waals surface area (Å²) < 4.78 is 5.23. The Labute approximate surface area is 126 Å². The van der Waals surface area contributed by atoms with Crippen LogP contribution in [-0.2, 0) is 9.53 Å². The van der Waals surface area contributed by atoms with Gasteiger partial charge in [0, 0.05) is 6.61 Å². The van der Waals surface area contributed by atoms with E-state index in [9.17, 15) is 14.7 Å². The van der Waals surface area contributed by atoms with Crippen LogP contribution in [0.3, 0.4) is 0 Å². The predicted octanol–water partition coefficient (Wildman–Crippen LogP) is 2.13. The molecule has 0 heterocycles. The minimum absolute atomic E-state index is 0.150. The molecule has 0 saturated heterocycles. The molecule has 122 valence electrons. The summed E-state index contributed by atoms with van der Waals surface area (Å²) in [7, 11) is 0. The maximum absolute atomic E-state index is 12.0. The third-order valence-electron chi connectivity index (χ3n) is 4.25. The highest BCUT2D eigenvalue weighted by Gasteiger charge is 2.43. The Kier molecular flexibility index (Phi) is 6.95. The highest BCUT2D eigenvalue weighted by molar-refractivity contribution is 5.86. The van der Waals surface area contributed by atoms with Crippen LogP contribution in [0.15, 0.2) is 0 Å². The van der Waals surface area contributed by atoms with Crippen LogP contribution in [0.1, 0.15) is 52.9 Å². The molecule has 0 aliphatic heterocycles. The molecule has 1 unspecified atom stereocenters. The van der Waals surface area contributed by atoms with E-state index < -0.39 is 17.5 Å². The zero-order valence-electron chi connectivity index (χ0n) is 13.3. The van der Waals surface area contributed by atoms with Gasteiger partial charge in [-0.3, -0.25) is 0 Å². The molecule has 6 nitrogen and oxygen atoms in total. The fourth-order valence-electron chi connectivity index (χ4n) is 2.78. The molecule has 6 heteroatoms. The third-order valence-corrected chi connectivity index (χ3v) is 4.25. The average molecular weight is 300 g/mol. The Hall–Kier alpha value is -1.30. The predicted molar refractivity (Wildman–Crippen MR) is 80.2 cm³/mol. The largest absolute Gasteiger partial charge is 0.480 e. The lowest BCUT2D eigenvalue weighted by molar-refractivity contribution is -0.146. The first-order chi connectivity index (χ1) is 9.93. The molecule has 1 fully saturated rings. The van der Waals surface area contributed by atoms with Gasteiger partial charge in [0.05, 0.1) is 12.6 Å². The van der Waals surface area contributed by atoms with Crippen molar-refractivity contribution in [2.45, 2.75) is 64.5 Å². The molecule has 0 bridgehead atoms. The van der Waals surface area contributed by atoms with Crippen LogP contribution >= 0.6 is 0 Å². The monoisotopic (exact) mass is 300 g/mol. The van der Waals surface area contributed by atoms with Crippen LogP contribution < -0.4 is 10.6 Å². The third kappa shape index (κ3) is 5.19. The second-order valence-electron chi connectivity index (χ2n) is 5.90. The molecular weight excluding hydrogens is 272 g/mol. The SMILES string of the molecule is CCOCC(C)NC(=O)NC1(C(=O)O)CCC(CC)CC1. The van der Waals surface area contributed by atoms with E-state index in [2.05, 4.69) is 17.6 Å². The first-order valence-corrected chi connectivity index (χ1v) is 7.83. The van der Waals surface area contributed by atoms with Gasteiger partial charge in [0.1, 0.15) is 5.54 Å². The summed E-state index contributed by atoms with van der Waals surface area (Å²) in [6, 6.07) is -0.581. The molecule has 1 rings (SSSR count). The molecule has 1 atom stereocenters. The summed E-state index contributed by atoms with van der Waals surface area (Å²) in [6.45, 7) is 6.84. The lowest BCUT2D eigenvalue weighted by Gasteiger charge is -2.37. The number of carboxylic acids is 1. The van der Waals surface area contributed by atoms with E-state index in [-0.39, 0.29) is 6.04 Å². The van der Waals surface area contributed by atoms with E-state index in [1.165, 1.54) is 0 Å². The second kappa shape index (κ2) is 8.22. The van der Waals surface area contributed by atoms with Crippen molar-refractivity contribution in [3.63, 3.8) is 0 Å². The number of carboxylic acid groups (broad SMARTS) is 1. The average Bonchev–Trinajstić information content (AvgIpc) is 2.45. The number of amides is 2. The summed E-state index contributed by atoms with van der Waals surface area (Å²) in [5.74, 6) is -0.371. The van der Waals surface area contributed by atoms with E-state index in [4.69, 9.17) is 4.74 Å². The van der Waals surface area contributed by atoms with Gasteiger partial charge in [0.25, 0.3) is 0 Å². The van der Waals surface area contributed by atoms with Crippen molar-refractivity contribution in [3.05, 3.63) is 0 Å². The number of carbonyl (C=O) groups excluding carboxylic acids is 1. The number of nitrogens with one attached hydrogen (secondary N) is 2. The van der Waals surface area contributed by atoms with Crippen molar-refractivity contribution in [1.82, 2.24) is 10.6 Å². The highest BCUT2D eigenvalue weighted by Crippen LogP contribution is 2.33. The van der Waals surface area contributed by atoms with E-state index in [0.717, 1.165) is 19.3 Å². The van der Waals surface area contributed by atoms with Gasteiger partial charge in [0.2, 0.25) is 0 Å². The van der Waals surface area contributed by atoms with Crippen molar-refractivity contribution in [2.75, 3.05) is 13.2 Å². The Morgan fingerprint density at radius 1 is 1.33 bits per heavy atom. The van der Waals surface area contributed by atoms with Crippen LogP contribution in [0, 0.1) is 5.92 Å². The molecule has 3 N–H and O–H groups in total. The fraction of sp³-hybridized carbons (Fsp3) is 0.867. The van der Waals surface area contributed by atoms with Crippen molar-refractivity contribution in [3.8, 4) is 0 Å². The Morgan fingerprint density at radius 3 is 2.43 bits per heavy atom. The number of aliphatic carboxylic acids is 1. The summed E-state index contributed by atoms with van der Waals surface area (Å²) in [6.07, 6.45) is 3.74. The van der Waals surface area contributed by atoms with E-state index >= 15 is 0 Å². The summed E-state index contributed by atoms with van der Waals surface area (Å²) in [5.41, 5.74) is -1.12. The second-order valence-corrected chi connectivity index (χ2v) is 5.90. The molecular formula is C15H28N2O4. The quantitative estimate of drug-likeness (QED) is 0.672. The van der Waals surface area contributed by atoms with Gasteiger partial charge < -0.3 is 20.5 Å². The van der Waals surface area contributed by atoms with Gasteiger partial charge in [-0.25, -0.2) is 9.59 Å². The Morgan fingerprint density at radius 2 is 1.95 bits per heavy atom. The van der Waals surface area contributed by atoms with Crippen LogP contribution in [0.5, 0.6) is 0 Å². The van der Waals surface area contributed by atoms with Crippen molar-refractivity contribution in [2.24, 2.45) is 5.92 Å². The zero-order chi connectivity index (χ0) is 15.9. The van der Waals surface area contributed by atoms with E-state index in [1.54, 1.807) is 0 Å². The number of rotatable bonds is 7. The zero-order valence-corrected chi connectivity index (χ0v) is 13.3. The fourth-order valence-corrected chi connectivity index (χ4v) is 2.78. The first-order valence-electron chi connectivity index (χ1n) is 7.83. The molecule has 0 aromatic rings. The van der Waals surface area contributed by atoms with Gasteiger partial charge >= 0.3 is 12.0 Å². The summed E-state index contributed by atoms with van der Waals surface area (Å²) >= 11 is 0. The van der Waals surface area contributed by atoms with Gasteiger partial charge in [0.15, 0.2) is 0 Å². The van der Waals surface area contributed by atoms with Crippen molar-refractivity contribution >= 4 is 12.0 Å². The first kappa shape index (κ1) is 17.8. The lowest BCUT2D eigenvalue weighted by atomic mass is 9.75. The molecule has 0 aromatic heterocycles. The van der Waals surface area contributed by atoms with E-state index in [1.807, 2.05) is 13.8 Å². The van der Waals surface area contributed by atoms with Crippen LogP contribution in [0.4, 0.5) is 4.79 Å². The van der Waals surface area contributed by atoms with E-state index in [0.29, 0.717) is 32.0 Å². The Balaban J connectivity index is 2.55. The molecule has 2 amide bonds. The van der Waals surface area contributed by atoms with Crippen LogP contribution in [0.25, 0.3) is 0 Å². The minimum Gasteiger partial charge on any atom is -0.480 e. The lowest BCUT2D eigenvalue weighted by Crippen LogP contribution is -2.59. The smallest absolute Gasteiger partial charge is 0.329 e. The van der Waals surface area contributed by atoms with Crippen molar-refractivity contribution < 1.29 is 19.4 Å². The van der Waals surface area contributed by atoms with Crippen LogP contribution in [0.2, 0.25) is 0 Å². The highest BCUT2D eigenvalue weighted by atomic mass is 16.5. The number of urea groups is 1. The maximum atomic E-state index is 12.0. The molecule has 1 aliphatic rings. The maximum Gasteiger partial charge on any atom is 0.329 e. The minimum atomic E-state index is -1.12. The standard InChI is InChI=1S/C15H28N2O4/c1-4-12-6-8-15(9-7-12,13(18)19)17-14(20)16-11(3)10-21-5-2/h11-12H,4-10H2,1-3H3,(H,18,19)(H2,16,17,20). The molecule has 1 aliphatic carbocycles. The van der Waals surface area contributed by atoms with Crippen LogP contribution in [-0.4, -0.2) is 41.9 Å².